The highest BCUT2D eigenvalue weighted by atomic mass is 31.2. The summed E-state index contributed by atoms with van der Waals surface area (Å²) >= 11 is 0. The molecular formula is C7H13O4P. The Morgan fingerprint density at radius 2 is 1.67 bits per heavy atom. The molecule has 12 heavy (non-hydrogen) atoms. The van der Waals surface area contributed by atoms with Gasteiger partial charge in [-0.15, -0.1) is 0 Å². The van der Waals surface area contributed by atoms with E-state index in [0.29, 0.717) is 19.1 Å². The van der Waals surface area contributed by atoms with Gasteiger partial charge >= 0.3 is 7.60 Å². The number of carbonyl (C=O) groups excluding carboxylic acids is 1. The van der Waals surface area contributed by atoms with Gasteiger partial charge < -0.3 is 14.6 Å². The summed E-state index contributed by atoms with van der Waals surface area (Å²) in [4.78, 5) is 28.6. The van der Waals surface area contributed by atoms with E-state index in [2.05, 4.69) is 0 Å². The molecule has 70 valence electrons. The van der Waals surface area contributed by atoms with Crippen LogP contribution in [0.3, 0.4) is 0 Å². The molecule has 1 fully saturated rings. The molecule has 0 atom stereocenters. The largest absolute Gasteiger partial charge is 0.338 e. The van der Waals surface area contributed by atoms with Crippen LogP contribution in [-0.2, 0) is 9.36 Å². The predicted octanol–water partition coefficient (Wildman–Crippen LogP) is 1.07. The van der Waals surface area contributed by atoms with Gasteiger partial charge in [-0.1, -0.05) is 19.3 Å². The molecule has 0 spiro atoms. The van der Waals surface area contributed by atoms with Crippen molar-refractivity contribution in [2.45, 2.75) is 37.3 Å². The third-order valence-corrected chi connectivity index (χ3v) is 4.23. The van der Waals surface area contributed by atoms with Gasteiger partial charge in [0.2, 0.25) is 0 Å². The van der Waals surface area contributed by atoms with E-state index < -0.39 is 12.8 Å². The van der Waals surface area contributed by atoms with E-state index in [1.54, 1.807) is 0 Å². The fraction of sp³-hybridized carbons (Fsp3) is 0.857. The van der Waals surface area contributed by atoms with E-state index in [-0.39, 0.29) is 0 Å². The second-order valence-corrected chi connectivity index (χ2v) is 5.30. The standard InChI is InChI=1S/C7H13O4P/c8-6-7(12(9,10)11)4-2-1-3-5-7/h6H,1-5H2,(H2,9,10,11). The van der Waals surface area contributed by atoms with Crippen molar-refractivity contribution in [1.82, 2.24) is 0 Å². The highest BCUT2D eigenvalue weighted by Crippen LogP contribution is 2.56. The summed E-state index contributed by atoms with van der Waals surface area (Å²) in [6.45, 7) is 0. The predicted molar refractivity (Wildman–Crippen MR) is 43.9 cm³/mol. The van der Waals surface area contributed by atoms with Crippen LogP contribution >= 0.6 is 7.60 Å². The van der Waals surface area contributed by atoms with Crippen molar-refractivity contribution in [3.8, 4) is 0 Å². The van der Waals surface area contributed by atoms with E-state index in [9.17, 15) is 9.36 Å². The lowest BCUT2D eigenvalue weighted by Crippen LogP contribution is -2.33. The minimum Gasteiger partial charge on any atom is -0.324 e. The van der Waals surface area contributed by atoms with E-state index in [1.165, 1.54) is 0 Å². The molecule has 0 heterocycles. The van der Waals surface area contributed by atoms with Gasteiger partial charge in [-0.05, 0) is 12.8 Å². The average molecular weight is 192 g/mol. The molecule has 0 aromatic rings. The van der Waals surface area contributed by atoms with Gasteiger partial charge in [0.1, 0.15) is 11.4 Å². The van der Waals surface area contributed by atoms with Crippen LogP contribution in [0.1, 0.15) is 32.1 Å². The number of aldehydes is 1. The number of hydrogen-bond donors (Lipinski definition) is 2. The maximum Gasteiger partial charge on any atom is 0.338 e. The summed E-state index contributed by atoms with van der Waals surface area (Å²) in [5, 5.41) is -1.36. The molecule has 0 aliphatic heterocycles. The smallest absolute Gasteiger partial charge is 0.324 e. The van der Waals surface area contributed by atoms with Crippen LogP contribution in [-0.4, -0.2) is 21.2 Å². The van der Waals surface area contributed by atoms with Crippen LogP contribution in [0.25, 0.3) is 0 Å². The Balaban J connectivity index is 2.88. The van der Waals surface area contributed by atoms with Gasteiger partial charge in [0.05, 0.1) is 0 Å². The molecule has 4 nitrogen and oxygen atoms in total. The molecule has 0 aromatic carbocycles. The molecule has 0 saturated heterocycles. The molecule has 1 rings (SSSR count). The lowest BCUT2D eigenvalue weighted by Gasteiger charge is -2.31. The van der Waals surface area contributed by atoms with Crippen molar-refractivity contribution >= 4 is 13.9 Å². The minimum atomic E-state index is -4.24. The fourth-order valence-electron chi connectivity index (χ4n) is 1.64. The maximum atomic E-state index is 11.0. The lowest BCUT2D eigenvalue weighted by atomic mass is 9.89. The number of hydrogen-bond acceptors (Lipinski definition) is 2. The van der Waals surface area contributed by atoms with Crippen molar-refractivity contribution in [3.63, 3.8) is 0 Å². The van der Waals surface area contributed by atoms with Gasteiger partial charge in [-0.2, -0.15) is 0 Å². The summed E-state index contributed by atoms with van der Waals surface area (Å²) < 4.78 is 11.0. The molecule has 0 bridgehead atoms. The van der Waals surface area contributed by atoms with Crippen molar-refractivity contribution in [3.05, 3.63) is 0 Å². The normalized spacial score (nSPS) is 23.5. The first-order valence-corrected chi connectivity index (χ1v) is 5.65. The zero-order valence-corrected chi connectivity index (χ0v) is 7.67. The van der Waals surface area contributed by atoms with Gasteiger partial charge in [0.25, 0.3) is 0 Å². The first kappa shape index (κ1) is 9.90. The molecular weight excluding hydrogens is 179 g/mol. The first-order chi connectivity index (χ1) is 5.52. The molecule has 0 aromatic heterocycles. The lowest BCUT2D eigenvalue weighted by molar-refractivity contribution is -0.111. The molecule has 1 aliphatic rings. The molecule has 1 aliphatic carbocycles. The van der Waals surface area contributed by atoms with Gasteiger partial charge in [0.15, 0.2) is 0 Å². The maximum absolute atomic E-state index is 11.0. The Hall–Kier alpha value is -0.180. The monoisotopic (exact) mass is 192 g/mol. The van der Waals surface area contributed by atoms with E-state index in [4.69, 9.17) is 9.79 Å². The van der Waals surface area contributed by atoms with Gasteiger partial charge in [-0.25, -0.2) is 0 Å². The van der Waals surface area contributed by atoms with Crippen LogP contribution in [0.15, 0.2) is 0 Å². The average Bonchev–Trinajstić information content (AvgIpc) is 2.04. The third kappa shape index (κ3) is 1.60. The SMILES string of the molecule is O=CC1(P(=O)(O)O)CCCCC1. The highest BCUT2D eigenvalue weighted by Gasteiger charge is 2.47. The summed E-state index contributed by atoms with van der Waals surface area (Å²) in [5.41, 5.74) is 0. The molecule has 0 radical (unpaired) electrons. The van der Waals surface area contributed by atoms with Crippen molar-refractivity contribution < 1.29 is 19.1 Å². The number of rotatable bonds is 2. The Morgan fingerprint density at radius 1 is 1.17 bits per heavy atom. The second kappa shape index (κ2) is 3.29. The first-order valence-electron chi connectivity index (χ1n) is 4.04. The van der Waals surface area contributed by atoms with Crippen LogP contribution in [0, 0.1) is 0 Å². The Bertz CT molecular complexity index is 213. The summed E-state index contributed by atoms with van der Waals surface area (Å²) in [5.74, 6) is 0. The van der Waals surface area contributed by atoms with E-state index in [1.807, 2.05) is 0 Å². The van der Waals surface area contributed by atoms with E-state index >= 15 is 0 Å². The van der Waals surface area contributed by atoms with Crippen LogP contribution in [0.2, 0.25) is 0 Å². The Morgan fingerprint density at radius 3 is 1.92 bits per heavy atom. The zero-order chi connectivity index (χ0) is 9.24. The molecule has 2 N–H and O–H groups in total. The van der Waals surface area contributed by atoms with Crippen molar-refractivity contribution in [2.24, 2.45) is 0 Å². The van der Waals surface area contributed by atoms with Gasteiger partial charge in [0, 0.05) is 0 Å². The fourth-order valence-corrected chi connectivity index (χ4v) is 2.68. The highest BCUT2D eigenvalue weighted by molar-refractivity contribution is 7.54. The van der Waals surface area contributed by atoms with Crippen LogP contribution < -0.4 is 0 Å². The summed E-state index contributed by atoms with van der Waals surface area (Å²) in [6.07, 6.45) is 3.57. The molecule has 0 unspecified atom stereocenters. The summed E-state index contributed by atoms with van der Waals surface area (Å²) in [6, 6.07) is 0. The van der Waals surface area contributed by atoms with Crippen molar-refractivity contribution in [2.75, 3.05) is 0 Å². The van der Waals surface area contributed by atoms with Crippen molar-refractivity contribution in [1.29, 1.82) is 0 Å². The summed E-state index contributed by atoms with van der Waals surface area (Å²) in [7, 11) is -4.24. The van der Waals surface area contributed by atoms with Gasteiger partial charge in [-0.3, -0.25) is 4.57 Å². The molecule has 1 saturated carbocycles. The zero-order valence-electron chi connectivity index (χ0n) is 6.77. The topological polar surface area (TPSA) is 74.6 Å². The molecule has 0 amide bonds. The Labute approximate surface area is 71.1 Å². The quantitative estimate of drug-likeness (QED) is 0.506. The third-order valence-electron chi connectivity index (χ3n) is 2.52. The van der Waals surface area contributed by atoms with Crippen LogP contribution in [0.4, 0.5) is 0 Å². The second-order valence-electron chi connectivity index (χ2n) is 3.33. The molecule has 5 heteroatoms. The Kier molecular flexibility index (Phi) is 2.71. The number of carbonyl (C=O) groups is 1. The minimum absolute atomic E-state index is 0.334. The van der Waals surface area contributed by atoms with Crippen LogP contribution in [0.5, 0.6) is 0 Å². The van der Waals surface area contributed by atoms with E-state index in [0.717, 1.165) is 19.3 Å².